The number of aryl methyl sites for hydroxylation is 2. The molecule has 0 amide bonds. The lowest BCUT2D eigenvalue weighted by Gasteiger charge is -2.22. The quantitative estimate of drug-likeness (QED) is 0.118. The summed E-state index contributed by atoms with van der Waals surface area (Å²) in [6.45, 7) is 8.37. The Morgan fingerprint density at radius 3 is 1.15 bits per heavy atom. The molecule has 0 aliphatic heterocycles. The van der Waals surface area contributed by atoms with Crippen molar-refractivity contribution in [1.29, 1.82) is 0 Å². The highest BCUT2D eigenvalue weighted by Gasteiger charge is 2.24. The molecule has 0 bridgehead atoms. The molecule has 2 N–H and O–H groups in total. The third-order valence-electron chi connectivity index (χ3n) is 8.83. The highest BCUT2D eigenvalue weighted by Crippen LogP contribution is 2.37. The second-order valence-corrected chi connectivity index (χ2v) is 12.1. The molecule has 0 spiro atoms. The summed E-state index contributed by atoms with van der Waals surface area (Å²) in [5.41, 5.74) is 13.2. The van der Waals surface area contributed by atoms with Crippen LogP contribution in [-0.2, 0) is 0 Å². The molecule has 0 heterocycles. The second-order valence-electron chi connectivity index (χ2n) is 12.1. The summed E-state index contributed by atoms with van der Waals surface area (Å²) in [5.74, 6) is -0.0335. The van der Waals surface area contributed by atoms with Gasteiger partial charge in [-0.3, -0.25) is 4.79 Å². The number of carbonyl (C=O) groups excluding carboxylic acids is 1. The fourth-order valence-corrected chi connectivity index (χ4v) is 5.88. The van der Waals surface area contributed by atoms with E-state index in [9.17, 15) is 0 Å². The van der Waals surface area contributed by atoms with Crippen molar-refractivity contribution in [3.05, 3.63) is 189 Å². The lowest BCUT2D eigenvalue weighted by atomic mass is 9.87. The molecule has 6 rings (SSSR count). The Bertz CT molecular complexity index is 1940. The predicted molar refractivity (Wildman–Crippen MR) is 205 cm³/mol. The lowest BCUT2D eigenvalue weighted by molar-refractivity contribution is 0.103. The van der Waals surface area contributed by atoms with Gasteiger partial charge in [0.05, 0.1) is 0 Å². The number of hydrogen-bond acceptors (Lipinski definition) is 3. The third-order valence-corrected chi connectivity index (χ3v) is 8.83. The maximum absolute atomic E-state index is 15.1. The average molecular weight is 625 g/mol. The van der Waals surface area contributed by atoms with Gasteiger partial charge in [-0.25, -0.2) is 0 Å². The molecule has 0 saturated heterocycles. The van der Waals surface area contributed by atoms with Crippen LogP contribution in [0.3, 0.4) is 0 Å². The van der Waals surface area contributed by atoms with Crippen molar-refractivity contribution in [1.82, 2.24) is 0 Å². The summed E-state index contributed by atoms with van der Waals surface area (Å²) in [6, 6.07) is 44.7. The first-order valence-electron chi connectivity index (χ1n) is 16.3. The Morgan fingerprint density at radius 1 is 0.458 bits per heavy atom. The van der Waals surface area contributed by atoms with Gasteiger partial charge in [-0.15, -0.1) is 0 Å². The van der Waals surface area contributed by atoms with E-state index in [1.807, 2.05) is 109 Å². The molecular weight excluding hydrogens is 585 g/mol. The molecular formula is C45H40N2O. The molecule has 3 nitrogen and oxygen atoms in total. The van der Waals surface area contributed by atoms with E-state index in [0.717, 1.165) is 67.3 Å². The van der Waals surface area contributed by atoms with E-state index in [-0.39, 0.29) is 5.78 Å². The van der Waals surface area contributed by atoms with Crippen LogP contribution in [0.2, 0.25) is 0 Å². The van der Waals surface area contributed by atoms with Crippen LogP contribution in [0.25, 0.3) is 24.3 Å². The van der Waals surface area contributed by atoms with Gasteiger partial charge in [0.2, 0.25) is 0 Å². The highest BCUT2D eigenvalue weighted by molar-refractivity contribution is 6.16. The summed E-state index contributed by atoms with van der Waals surface area (Å²) in [7, 11) is 0. The molecule has 0 aromatic heterocycles. The number of benzene rings is 6. The normalized spacial score (nSPS) is 11.2. The molecule has 0 atom stereocenters. The molecule has 0 saturated carbocycles. The largest absolute Gasteiger partial charge is 0.355 e. The Hall–Kier alpha value is -5.93. The van der Waals surface area contributed by atoms with Crippen LogP contribution >= 0.6 is 0 Å². The van der Waals surface area contributed by atoms with Gasteiger partial charge in [0.1, 0.15) is 0 Å². The first kappa shape index (κ1) is 32.0. The van der Waals surface area contributed by atoms with Crippen LogP contribution in [0.15, 0.2) is 133 Å². The minimum atomic E-state index is -0.0335. The minimum absolute atomic E-state index is 0.0335. The molecule has 0 unspecified atom stereocenters. The fraction of sp³-hybridized carbons (Fsp3) is 0.0889. The summed E-state index contributed by atoms with van der Waals surface area (Å²) < 4.78 is 0. The van der Waals surface area contributed by atoms with Crippen molar-refractivity contribution in [2.45, 2.75) is 27.7 Å². The molecule has 3 heteroatoms. The Morgan fingerprint density at radius 2 is 0.792 bits per heavy atom. The maximum Gasteiger partial charge on any atom is 0.194 e. The van der Waals surface area contributed by atoms with Gasteiger partial charge in [-0.05, 0) is 97.5 Å². The molecule has 0 fully saturated rings. The van der Waals surface area contributed by atoms with Crippen LogP contribution < -0.4 is 10.6 Å². The van der Waals surface area contributed by atoms with E-state index in [4.69, 9.17) is 0 Å². The number of carbonyl (C=O) groups is 1. The van der Waals surface area contributed by atoms with Crippen LogP contribution in [0.5, 0.6) is 0 Å². The summed E-state index contributed by atoms with van der Waals surface area (Å²) in [4.78, 5) is 15.1. The van der Waals surface area contributed by atoms with Crippen molar-refractivity contribution < 1.29 is 4.79 Å². The Balaban J connectivity index is 1.57. The van der Waals surface area contributed by atoms with Crippen molar-refractivity contribution in [3.8, 4) is 0 Å². The smallest absolute Gasteiger partial charge is 0.194 e. The topological polar surface area (TPSA) is 41.1 Å². The maximum atomic E-state index is 15.1. The van der Waals surface area contributed by atoms with Crippen LogP contribution in [0.4, 0.5) is 22.7 Å². The summed E-state index contributed by atoms with van der Waals surface area (Å²) in [5, 5.41) is 7.32. The summed E-state index contributed by atoms with van der Waals surface area (Å²) in [6.07, 6.45) is 8.31. The van der Waals surface area contributed by atoms with Crippen LogP contribution in [0.1, 0.15) is 60.4 Å². The van der Waals surface area contributed by atoms with Crippen molar-refractivity contribution in [2.24, 2.45) is 0 Å². The highest BCUT2D eigenvalue weighted by atomic mass is 16.1. The zero-order valence-electron chi connectivity index (χ0n) is 27.9. The lowest BCUT2D eigenvalue weighted by Crippen LogP contribution is -2.12. The number of hydrogen-bond donors (Lipinski definition) is 2. The average Bonchev–Trinajstić information content (AvgIpc) is 3.12. The monoisotopic (exact) mass is 624 g/mol. The Labute approximate surface area is 284 Å². The molecule has 0 aliphatic carbocycles. The van der Waals surface area contributed by atoms with Crippen LogP contribution in [0, 0.1) is 27.7 Å². The fourth-order valence-electron chi connectivity index (χ4n) is 5.88. The van der Waals surface area contributed by atoms with Gasteiger partial charge in [0.15, 0.2) is 5.78 Å². The van der Waals surface area contributed by atoms with Crippen molar-refractivity contribution in [3.63, 3.8) is 0 Å². The van der Waals surface area contributed by atoms with Gasteiger partial charge in [-0.1, -0.05) is 121 Å². The molecule has 48 heavy (non-hydrogen) atoms. The van der Waals surface area contributed by atoms with E-state index in [1.165, 1.54) is 0 Å². The third kappa shape index (κ3) is 7.22. The van der Waals surface area contributed by atoms with E-state index >= 15 is 4.79 Å². The standard InChI is InChI=1S/C45H40N2O/c1-31-29-41(39(27-25-35-17-9-5-10-18-35)43(33(31)3)46-37-21-13-7-14-22-37)45(48)42-30-32(2)34(4)44(47-38-23-15-8-16-24-38)40(42)28-26-36-19-11-6-12-20-36/h5-30,46-47H,1-4H3. The second kappa shape index (κ2) is 14.7. The first-order chi connectivity index (χ1) is 23.4. The van der Waals surface area contributed by atoms with Crippen LogP contribution in [-0.4, -0.2) is 5.78 Å². The number of para-hydroxylation sites is 2. The molecule has 6 aromatic rings. The molecule has 0 aliphatic rings. The summed E-state index contributed by atoms with van der Waals surface area (Å²) >= 11 is 0. The van der Waals surface area contributed by atoms with E-state index in [2.05, 4.69) is 86.9 Å². The van der Waals surface area contributed by atoms with Gasteiger partial charge < -0.3 is 10.6 Å². The van der Waals surface area contributed by atoms with E-state index in [1.54, 1.807) is 0 Å². The first-order valence-corrected chi connectivity index (χ1v) is 16.3. The number of anilines is 4. The van der Waals surface area contributed by atoms with Gasteiger partial charge in [0, 0.05) is 45.0 Å². The molecule has 6 aromatic carbocycles. The zero-order chi connectivity index (χ0) is 33.5. The van der Waals surface area contributed by atoms with Gasteiger partial charge in [0.25, 0.3) is 0 Å². The van der Waals surface area contributed by atoms with Crippen molar-refractivity contribution >= 4 is 52.8 Å². The molecule has 236 valence electrons. The predicted octanol–water partition coefficient (Wildman–Crippen LogP) is 12.0. The van der Waals surface area contributed by atoms with E-state index in [0.29, 0.717) is 11.1 Å². The van der Waals surface area contributed by atoms with Gasteiger partial charge >= 0.3 is 0 Å². The van der Waals surface area contributed by atoms with Crippen molar-refractivity contribution in [2.75, 3.05) is 10.6 Å². The number of ketones is 1. The number of rotatable bonds is 10. The number of nitrogens with one attached hydrogen (secondary N) is 2. The SMILES string of the molecule is Cc1cc(C(=O)c2cc(C)c(C)c(Nc3ccccc3)c2C=Cc2ccccc2)c(C=Cc2ccccc2)c(Nc2ccccc2)c1C. The zero-order valence-corrected chi connectivity index (χ0v) is 27.9. The van der Waals surface area contributed by atoms with Gasteiger partial charge in [-0.2, -0.15) is 0 Å². The van der Waals surface area contributed by atoms with E-state index < -0.39 is 0 Å². The molecule has 0 radical (unpaired) electrons. The minimum Gasteiger partial charge on any atom is -0.355 e. The Kier molecular flexibility index (Phi) is 9.78.